The number of carboxylic acid groups (broad SMARTS) is 1. The zero-order valence-electron chi connectivity index (χ0n) is 9.39. The van der Waals surface area contributed by atoms with Gasteiger partial charge in [0.15, 0.2) is 0 Å². The van der Waals surface area contributed by atoms with Crippen LogP contribution in [0.4, 0.5) is 0 Å². The molecule has 0 saturated carbocycles. The predicted molar refractivity (Wildman–Crippen MR) is 60.1 cm³/mol. The topological polar surface area (TPSA) is 88.1 Å². The van der Waals surface area contributed by atoms with Crippen molar-refractivity contribution in [3.8, 4) is 17.3 Å². The Morgan fingerprint density at radius 3 is 2.76 bits per heavy atom. The molecule has 0 aliphatic heterocycles. The SMILES string of the molecule is COc1nccnc1-c1[nH]c(C)cc1C(=O)O. The van der Waals surface area contributed by atoms with Crippen molar-refractivity contribution < 1.29 is 14.6 Å². The van der Waals surface area contributed by atoms with Crippen LogP contribution in [-0.2, 0) is 0 Å². The summed E-state index contributed by atoms with van der Waals surface area (Å²) in [6, 6.07) is 1.55. The van der Waals surface area contributed by atoms with Crippen molar-refractivity contribution in [2.75, 3.05) is 7.11 Å². The predicted octanol–water partition coefficient (Wildman–Crippen LogP) is 1.49. The third kappa shape index (κ3) is 1.96. The Kier molecular flexibility index (Phi) is 2.78. The Morgan fingerprint density at radius 1 is 1.41 bits per heavy atom. The molecule has 0 aliphatic rings. The van der Waals surface area contributed by atoms with E-state index in [0.29, 0.717) is 11.4 Å². The number of rotatable bonds is 3. The van der Waals surface area contributed by atoms with Gasteiger partial charge in [-0.15, -0.1) is 0 Å². The number of carbonyl (C=O) groups is 1. The summed E-state index contributed by atoms with van der Waals surface area (Å²) in [4.78, 5) is 22.1. The molecule has 0 atom stereocenters. The number of nitrogens with one attached hydrogen (secondary N) is 1. The Bertz CT molecular complexity index is 563. The van der Waals surface area contributed by atoms with Gasteiger partial charge in [-0.05, 0) is 13.0 Å². The second-order valence-electron chi connectivity index (χ2n) is 3.46. The maximum Gasteiger partial charge on any atom is 0.337 e. The molecule has 2 rings (SSSR count). The standard InChI is InChI=1S/C11H11N3O3/c1-6-5-7(11(15)16)8(14-6)9-10(17-2)13-4-3-12-9/h3-5,14H,1-2H3,(H,15,16). The van der Waals surface area contributed by atoms with Crippen LogP contribution >= 0.6 is 0 Å². The van der Waals surface area contributed by atoms with Crippen molar-refractivity contribution in [2.45, 2.75) is 6.92 Å². The van der Waals surface area contributed by atoms with E-state index in [-0.39, 0.29) is 11.4 Å². The summed E-state index contributed by atoms with van der Waals surface area (Å²) < 4.78 is 5.06. The minimum atomic E-state index is -1.02. The van der Waals surface area contributed by atoms with Gasteiger partial charge in [-0.2, -0.15) is 0 Å². The Labute approximate surface area is 97.3 Å². The van der Waals surface area contributed by atoms with Gasteiger partial charge < -0.3 is 14.8 Å². The molecule has 17 heavy (non-hydrogen) atoms. The Hall–Kier alpha value is -2.37. The van der Waals surface area contributed by atoms with E-state index in [1.54, 1.807) is 13.0 Å². The monoisotopic (exact) mass is 233 g/mol. The number of hydrogen-bond acceptors (Lipinski definition) is 4. The maximum atomic E-state index is 11.1. The van der Waals surface area contributed by atoms with Gasteiger partial charge in [0.2, 0.25) is 5.88 Å². The first-order valence-corrected chi connectivity index (χ1v) is 4.91. The molecule has 0 aromatic carbocycles. The number of methoxy groups -OCH3 is 1. The fraction of sp³-hybridized carbons (Fsp3) is 0.182. The van der Waals surface area contributed by atoms with Crippen LogP contribution in [0.25, 0.3) is 11.4 Å². The number of hydrogen-bond donors (Lipinski definition) is 2. The van der Waals surface area contributed by atoms with E-state index >= 15 is 0 Å². The highest BCUT2D eigenvalue weighted by atomic mass is 16.5. The third-order valence-corrected chi connectivity index (χ3v) is 2.28. The number of aryl methyl sites for hydroxylation is 1. The van der Waals surface area contributed by atoms with Gasteiger partial charge in [-0.3, -0.25) is 0 Å². The molecule has 0 bridgehead atoms. The summed E-state index contributed by atoms with van der Waals surface area (Å²) in [6.45, 7) is 1.78. The first-order chi connectivity index (χ1) is 8.13. The quantitative estimate of drug-likeness (QED) is 0.838. The molecule has 2 N–H and O–H groups in total. The lowest BCUT2D eigenvalue weighted by Crippen LogP contribution is -2.00. The fourth-order valence-corrected chi connectivity index (χ4v) is 1.59. The van der Waals surface area contributed by atoms with Crippen LogP contribution in [0.15, 0.2) is 18.5 Å². The number of nitrogens with zero attached hydrogens (tertiary/aromatic N) is 2. The van der Waals surface area contributed by atoms with E-state index in [1.165, 1.54) is 19.5 Å². The van der Waals surface area contributed by atoms with Crippen LogP contribution in [0.5, 0.6) is 5.88 Å². The summed E-state index contributed by atoms with van der Waals surface area (Å²) in [5.74, 6) is -0.728. The van der Waals surface area contributed by atoms with E-state index < -0.39 is 5.97 Å². The molecule has 2 aromatic heterocycles. The highest BCUT2D eigenvalue weighted by molar-refractivity contribution is 5.95. The number of ether oxygens (including phenoxy) is 1. The van der Waals surface area contributed by atoms with Crippen molar-refractivity contribution in [1.29, 1.82) is 0 Å². The molecule has 88 valence electrons. The largest absolute Gasteiger partial charge is 0.479 e. The van der Waals surface area contributed by atoms with E-state index in [1.807, 2.05) is 0 Å². The van der Waals surface area contributed by atoms with Gasteiger partial charge in [-0.1, -0.05) is 0 Å². The summed E-state index contributed by atoms with van der Waals surface area (Å²) in [5, 5.41) is 9.09. The van der Waals surface area contributed by atoms with Gasteiger partial charge in [0, 0.05) is 18.1 Å². The molecule has 0 saturated heterocycles. The number of aromatic amines is 1. The molecular weight excluding hydrogens is 222 g/mol. The molecule has 6 nitrogen and oxygen atoms in total. The third-order valence-electron chi connectivity index (χ3n) is 2.28. The van der Waals surface area contributed by atoms with Gasteiger partial charge in [0.1, 0.15) is 5.69 Å². The lowest BCUT2D eigenvalue weighted by molar-refractivity contribution is 0.0698. The van der Waals surface area contributed by atoms with Crippen LogP contribution in [0.1, 0.15) is 16.1 Å². The first kappa shape index (κ1) is 11.1. The normalized spacial score (nSPS) is 10.2. The lowest BCUT2D eigenvalue weighted by atomic mass is 10.2. The average molecular weight is 233 g/mol. The van der Waals surface area contributed by atoms with Crippen molar-refractivity contribution in [2.24, 2.45) is 0 Å². The lowest BCUT2D eigenvalue weighted by Gasteiger charge is -2.04. The highest BCUT2D eigenvalue weighted by Gasteiger charge is 2.19. The average Bonchev–Trinajstić information content (AvgIpc) is 2.71. The van der Waals surface area contributed by atoms with Crippen molar-refractivity contribution in [3.05, 3.63) is 29.7 Å². The number of carboxylic acids is 1. The summed E-state index contributed by atoms with van der Waals surface area (Å²) in [5.41, 5.74) is 1.69. The van der Waals surface area contributed by atoms with Crippen molar-refractivity contribution >= 4 is 5.97 Å². The zero-order valence-corrected chi connectivity index (χ0v) is 9.39. The highest BCUT2D eigenvalue weighted by Crippen LogP contribution is 2.28. The van der Waals surface area contributed by atoms with E-state index in [0.717, 1.165) is 5.69 Å². The van der Waals surface area contributed by atoms with Crippen LogP contribution in [-0.4, -0.2) is 33.1 Å². The van der Waals surface area contributed by atoms with Crippen LogP contribution in [0.3, 0.4) is 0 Å². The van der Waals surface area contributed by atoms with E-state index in [9.17, 15) is 4.79 Å². The van der Waals surface area contributed by atoms with Crippen LogP contribution in [0, 0.1) is 6.92 Å². The molecule has 0 amide bonds. The maximum absolute atomic E-state index is 11.1. The summed E-state index contributed by atoms with van der Waals surface area (Å²) >= 11 is 0. The fourth-order valence-electron chi connectivity index (χ4n) is 1.59. The van der Waals surface area contributed by atoms with Crippen molar-refractivity contribution in [3.63, 3.8) is 0 Å². The van der Waals surface area contributed by atoms with Gasteiger partial charge in [0.25, 0.3) is 0 Å². The minimum Gasteiger partial charge on any atom is -0.479 e. The molecule has 0 spiro atoms. The van der Waals surface area contributed by atoms with Gasteiger partial charge in [-0.25, -0.2) is 14.8 Å². The first-order valence-electron chi connectivity index (χ1n) is 4.91. The Balaban J connectivity index is 2.63. The molecule has 0 fully saturated rings. The molecule has 2 aromatic rings. The summed E-state index contributed by atoms with van der Waals surface area (Å²) in [7, 11) is 1.46. The minimum absolute atomic E-state index is 0.154. The second-order valence-corrected chi connectivity index (χ2v) is 3.46. The number of H-pyrrole nitrogens is 1. The van der Waals surface area contributed by atoms with Crippen LogP contribution in [0.2, 0.25) is 0 Å². The number of aromatic carboxylic acids is 1. The molecular formula is C11H11N3O3. The molecule has 0 unspecified atom stereocenters. The number of aromatic nitrogens is 3. The zero-order chi connectivity index (χ0) is 12.4. The molecule has 0 aliphatic carbocycles. The molecule has 2 heterocycles. The molecule has 6 heteroatoms. The van der Waals surface area contributed by atoms with E-state index in [4.69, 9.17) is 9.84 Å². The molecule has 0 radical (unpaired) electrons. The van der Waals surface area contributed by atoms with Crippen LogP contribution < -0.4 is 4.74 Å². The van der Waals surface area contributed by atoms with Gasteiger partial charge in [0.05, 0.1) is 18.4 Å². The van der Waals surface area contributed by atoms with E-state index in [2.05, 4.69) is 15.0 Å². The van der Waals surface area contributed by atoms with Crippen molar-refractivity contribution in [1.82, 2.24) is 15.0 Å². The summed E-state index contributed by atoms with van der Waals surface area (Å²) in [6.07, 6.45) is 2.97. The van der Waals surface area contributed by atoms with Gasteiger partial charge >= 0.3 is 5.97 Å². The Morgan fingerprint density at radius 2 is 2.12 bits per heavy atom. The smallest absolute Gasteiger partial charge is 0.337 e. The second kappa shape index (κ2) is 4.25.